The molecule has 3 aromatic rings. The average molecular weight is 350 g/mol. The van der Waals surface area contributed by atoms with Crippen molar-refractivity contribution >= 4 is 23.1 Å². The van der Waals surface area contributed by atoms with E-state index < -0.39 is 0 Å². The smallest absolute Gasteiger partial charge is 0.178 e. The predicted octanol–water partition coefficient (Wildman–Crippen LogP) is 2.88. The van der Waals surface area contributed by atoms with E-state index in [-0.39, 0.29) is 5.82 Å². The maximum Gasteiger partial charge on any atom is 0.178 e. The summed E-state index contributed by atoms with van der Waals surface area (Å²) in [5.74, 6) is 1.09. The van der Waals surface area contributed by atoms with Gasteiger partial charge in [0.05, 0.1) is 6.61 Å². The van der Waals surface area contributed by atoms with E-state index in [1.54, 1.807) is 17.7 Å². The second-order valence-electron chi connectivity index (χ2n) is 5.36. The molecule has 3 rings (SSSR count). The quantitative estimate of drug-likeness (QED) is 0.685. The summed E-state index contributed by atoms with van der Waals surface area (Å²) in [5.41, 5.74) is 1.50. The number of aryl methyl sites for hydroxylation is 1. The Balaban J connectivity index is 1.93. The molecule has 0 aliphatic carbocycles. The fraction of sp³-hybridized carbons (Fsp3) is 0.312. The number of methoxy groups -OCH3 is 1. The summed E-state index contributed by atoms with van der Waals surface area (Å²) in [4.78, 5) is 2.02. The molecule has 2 heterocycles. The molecule has 0 saturated carbocycles. The summed E-state index contributed by atoms with van der Waals surface area (Å²) in [6.45, 7) is 3.47. The first kappa shape index (κ1) is 16.6. The molecule has 0 spiro atoms. The number of fused-ring (bicyclic) bond motifs is 1. The van der Waals surface area contributed by atoms with E-state index in [0.717, 1.165) is 11.4 Å². The van der Waals surface area contributed by atoms with Crippen molar-refractivity contribution in [2.45, 2.75) is 13.5 Å². The van der Waals surface area contributed by atoms with Gasteiger partial charge < -0.3 is 9.64 Å². The Bertz CT molecular complexity index is 854. The second kappa shape index (κ2) is 7.11. The number of hydrogen-bond donors (Lipinski definition) is 0. The lowest BCUT2D eigenvalue weighted by Crippen LogP contribution is -2.28. The Morgan fingerprint density at radius 1 is 1.25 bits per heavy atom. The van der Waals surface area contributed by atoms with Crippen molar-refractivity contribution in [1.29, 1.82) is 0 Å². The van der Waals surface area contributed by atoms with Crippen molar-refractivity contribution < 1.29 is 9.13 Å². The molecular formula is C16H17ClFN5O. The van der Waals surface area contributed by atoms with Crippen LogP contribution in [-0.4, -0.2) is 40.1 Å². The van der Waals surface area contributed by atoms with Gasteiger partial charge in [0.2, 0.25) is 0 Å². The van der Waals surface area contributed by atoms with Gasteiger partial charge in [-0.15, -0.1) is 15.3 Å². The van der Waals surface area contributed by atoms with Crippen LogP contribution in [0.15, 0.2) is 30.3 Å². The van der Waals surface area contributed by atoms with E-state index in [2.05, 4.69) is 15.3 Å². The highest BCUT2D eigenvalue weighted by molar-refractivity contribution is 6.31. The highest BCUT2D eigenvalue weighted by atomic mass is 35.5. The number of ether oxygens (including phenoxy) is 1. The van der Waals surface area contributed by atoms with Crippen LogP contribution in [-0.2, 0) is 11.3 Å². The first-order valence-electron chi connectivity index (χ1n) is 7.45. The normalized spacial score (nSPS) is 11.2. The average Bonchev–Trinajstić information content (AvgIpc) is 2.94. The van der Waals surface area contributed by atoms with Gasteiger partial charge in [-0.05, 0) is 36.8 Å². The summed E-state index contributed by atoms with van der Waals surface area (Å²) in [6, 6.07) is 8.12. The zero-order valence-corrected chi connectivity index (χ0v) is 14.2. The van der Waals surface area contributed by atoms with Gasteiger partial charge in [0.1, 0.15) is 11.6 Å². The highest BCUT2D eigenvalue weighted by Gasteiger charge is 2.13. The van der Waals surface area contributed by atoms with Crippen molar-refractivity contribution in [3.8, 4) is 0 Å². The molecule has 0 aliphatic heterocycles. The molecule has 126 valence electrons. The minimum Gasteiger partial charge on any atom is -0.383 e. The zero-order chi connectivity index (χ0) is 17.1. The van der Waals surface area contributed by atoms with Crippen LogP contribution < -0.4 is 4.90 Å². The van der Waals surface area contributed by atoms with Gasteiger partial charge in [0, 0.05) is 25.2 Å². The Morgan fingerprint density at radius 3 is 2.83 bits per heavy atom. The maximum absolute atomic E-state index is 13.2. The van der Waals surface area contributed by atoms with Crippen molar-refractivity contribution in [2.24, 2.45) is 0 Å². The third kappa shape index (κ3) is 3.47. The lowest BCUT2D eigenvalue weighted by atomic mass is 10.2. The molecule has 1 aromatic carbocycles. The summed E-state index contributed by atoms with van der Waals surface area (Å²) < 4.78 is 20.1. The molecule has 2 aromatic heterocycles. The topological polar surface area (TPSA) is 55.5 Å². The summed E-state index contributed by atoms with van der Waals surface area (Å²) in [7, 11) is 1.64. The third-order valence-corrected chi connectivity index (χ3v) is 4.02. The van der Waals surface area contributed by atoms with Crippen molar-refractivity contribution in [3.63, 3.8) is 0 Å². The van der Waals surface area contributed by atoms with E-state index in [0.29, 0.717) is 36.2 Å². The van der Waals surface area contributed by atoms with Gasteiger partial charge in [-0.1, -0.05) is 17.7 Å². The summed E-state index contributed by atoms with van der Waals surface area (Å²) in [5, 5.41) is 13.0. The van der Waals surface area contributed by atoms with Crippen LogP contribution in [0.25, 0.3) is 5.65 Å². The first-order chi connectivity index (χ1) is 11.6. The third-order valence-electron chi connectivity index (χ3n) is 3.67. The van der Waals surface area contributed by atoms with E-state index >= 15 is 0 Å². The number of nitrogens with zero attached hydrogens (tertiary/aromatic N) is 5. The number of halogens is 2. The largest absolute Gasteiger partial charge is 0.383 e. The molecule has 8 heteroatoms. The SMILES string of the molecule is COCCN(Cc1ccc(F)cc1Cl)c1ccc2nnc(C)n2n1. The molecule has 6 nitrogen and oxygen atoms in total. The zero-order valence-electron chi connectivity index (χ0n) is 13.4. The lowest BCUT2D eigenvalue weighted by molar-refractivity contribution is 0.204. The van der Waals surface area contributed by atoms with Crippen molar-refractivity contribution in [3.05, 3.63) is 52.6 Å². The Labute approximate surface area is 143 Å². The Hall–Kier alpha value is -2.25. The number of aromatic nitrogens is 4. The standard InChI is InChI=1S/C16H17ClFN5O/c1-11-19-20-15-5-6-16(21-23(11)15)22(7-8-24-2)10-12-3-4-13(18)9-14(12)17/h3-6,9H,7-8,10H2,1-2H3. The number of rotatable bonds is 6. The second-order valence-corrected chi connectivity index (χ2v) is 5.77. The van der Waals surface area contributed by atoms with Crippen LogP contribution in [0.3, 0.4) is 0 Å². The predicted molar refractivity (Wildman–Crippen MR) is 89.9 cm³/mol. The molecule has 0 amide bonds. The fourth-order valence-corrected chi connectivity index (χ4v) is 2.61. The van der Waals surface area contributed by atoms with Gasteiger partial charge in [0.25, 0.3) is 0 Å². The van der Waals surface area contributed by atoms with Crippen molar-refractivity contribution in [2.75, 3.05) is 25.2 Å². The molecule has 0 aliphatic rings. The van der Waals surface area contributed by atoms with E-state index in [1.165, 1.54) is 12.1 Å². The van der Waals surface area contributed by atoms with Crippen molar-refractivity contribution in [1.82, 2.24) is 19.8 Å². The van der Waals surface area contributed by atoms with Gasteiger partial charge in [0.15, 0.2) is 11.5 Å². The fourth-order valence-electron chi connectivity index (χ4n) is 2.39. The highest BCUT2D eigenvalue weighted by Crippen LogP contribution is 2.22. The number of anilines is 1. The minimum absolute atomic E-state index is 0.355. The van der Waals surface area contributed by atoms with Crippen LogP contribution in [0, 0.1) is 12.7 Å². The monoisotopic (exact) mass is 349 g/mol. The number of benzene rings is 1. The minimum atomic E-state index is -0.355. The number of hydrogen-bond acceptors (Lipinski definition) is 5. The maximum atomic E-state index is 13.2. The van der Waals surface area contributed by atoms with E-state index in [4.69, 9.17) is 16.3 Å². The lowest BCUT2D eigenvalue weighted by Gasteiger charge is -2.24. The van der Waals surface area contributed by atoms with Crippen LogP contribution >= 0.6 is 11.6 Å². The van der Waals surface area contributed by atoms with Crippen LogP contribution in [0.1, 0.15) is 11.4 Å². The molecule has 0 radical (unpaired) electrons. The molecule has 0 atom stereocenters. The van der Waals surface area contributed by atoms with Gasteiger partial charge in [-0.3, -0.25) is 0 Å². The van der Waals surface area contributed by atoms with E-state index in [1.807, 2.05) is 24.0 Å². The molecule has 0 saturated heterocycles. The molecule has 0 N–H and O–H groups in total. The molecule has 0 fully saturated rings. The van der Waals surface area contributed by atoms with E-state index in [9.17, 15) is 4.39 Å². The summed E-state index contributed by atoms with van der Waals surface area (Å²) in [6.07, 6.45) is 0. The van der Waals surface area contributed by atoms with Crippen LogP contribution in [0.2, 0.25) is 5.02 Å². The van der Waals surface area contributed by atoms with Crippen LogP contribution in [0.4, 0.5) is 10.2 Å². The van der Waals surface area contributed by atoms with Gasteiger partial charge in [-0.2, -0.15) is 4.52 Å². The molecule has 0 unspecified atom stereocenters. The Kier molecular flexibility index (Phi) is 4.92. The first-order valence-corrected chi connectivity index (χ1v) is 7.83. The van der Waals surface area contributed by atoms with Gasteiger partial charge >= 0.3 is 0 Å². The van der Waals surface area contributed by atoms with Crippen LogP contribution in [0.5, 0.6) is 0 Å². The van der Waals surface area contributed by atoms with Gasteiger partial charge in [-0.25, -0.2) is 4.39 Å². The molecule has 0 bridgehead atoms. The summed E-state index contributed by atoms with van der Waals surface area (Å²) >= 11 is 6.15. The molecular weight excluding hydrogens is 333 g/mol. The molecule has 24 heavy (non-hydrogen) atoms. The Morgan fingerprint density at radius 2 is 2.08 bits per heavy atom.